The predicted molar refractivity (Wildman–Crippen MR) is 86.2 cm³/mol. The Bertz CT molecular complexity index is 472. The van der Waals surface area contributed by atoms with E-state index in [1.165, 1.54) is 5.56 Å². The van der Waals surface area contributed by atoms with E-state index in [0.29, 0.717) is 12.5 Å². The molecule has 1 aromatic rings. The van der Waals surface area contributed by atoms with Crippen molar-refractivity contribution in [2.45, 2.75) is 25.8 Å². The third-order valence-corrected chi connectivity index (χ3v) is 4.42. The molecule has 2 rings (SSSR count). The van der Waals surface area contributed by atoms with E-state index < -0.39 is 0 Å². The third-order valence-electron chi connectivity index (χ3n) is 4.19. The van der Waals surface area contributed by atoms with Crippen molar-refractivity contribution >= 4 is 17.5 Å². The first-order chi connectivity index (χ1) is 10.1. The molecule has 1 saturated heterocycles. The topological polar surface area (TPSA) is 58.4 Å². The van der Waals surface area contributed by atoms with Crippen molar-refractivity contribution in [1.82, 2.24) is 10.2 Å². The molecule has 0 aliphatic carbocycles. The molecule has 0 radical (unpaired) electrons. The van der Waals surface area contributed by atoms with Crippen molar-refractivity contribution in [3.05, 3.63) is 34.9 Å². The first-order valence-electron chi connectivity index (χ1n) is 7.54. The van der Waals surface area contributed by atoms with E-state index in [1.54, 1.807) is 6.92 Å². The number of halogens is 1. The Morgan fingerprint density at radius 3 is 2.76 bits per heavy atom. The average Bonchev–Trinajstić information content (AvgIpc) is 2.47. The lowest BCUT2D eigenvalue weighted by molar-refractivity contribution is -0.119. The van der Waals surface area contributed by atoms with Crippen molar-refractivity contribution in [2.24, 2.45) is 11.7 Å². The molecule has 5 heteroatoms. The number of rotatable bonds is 5. The van der Waals surface area contributed by atoms with Crippen LogP contribution in [0.1, 0.15) is 31.4 Å². The molecule has 1 aliphatic heterocycles. The number of nitrogens with zero attached hydrogens (tertiary/aromatic N) is 1. The van der Waals surface area contributed by atoms with E-state index in [0.717, 1.165) is 37.5 Å². The first kappa shape index (κ1) is 16.3. The monoisotopic (exact) mass is 309 g/mol. The summed E-state index contributed by atoms with van der Waals surface area (Å²) in [6.07, 6.45) is 2.19. The maximum Gasteiger partial charge on any atom is 0.216 e. The zero-order valence-corrected chi connectivity index (χ0v) is 13.3. The Balaban J connectivity index is 1.92. The third kappa shape index (κ3) is 4.70. The van der Waals surface area contributed by atoms with Crippen LogP contribution >= 0.6 is 11.6 Å². The number of benzene rings is 1. The van der Waals surface area contributed by atoms with Crippen LogP contribution in [0.15, 0.2) is 24.3 Å². The van der Waals surface area contributed by atoms with Crippen molar-refractivity contribution in [2.75, 3.05) is 26.2 Å². The van der Waals surface area contributed by atoms with Gasteiger partial charge in [0.1, 0.15) is 0 Å². The van der Waals surface area contributed by atoms with Gasteiger partial charge >= 0.3 is 0 Å². The highest BCUT2D eigenvalue weighted by Gasteiger charge is 2.25. The number of carbonyl (C=O) groups excluding carboxylic acids is 1. The van der Waals surface area contributed by atoms with Crippen LogP contribution in [0.5, 0.6) is 0 Å². The summed E-state index contributed by atoms with van der Waals surface area (Å²) in [5, 5.41) is 3.67. The quantitative estimate of drug-likeness (QED) is 0.876. The summed E-state index contributed by atoms with van der Waals surface area (Å²) >= 11 is 6.08. The van der Waals surface area contributed by atoms with Gasteiger partial charge in [0.15, 0.2) is 0 Å². The van der Waals surface area contributed by atoms with Gasteiger partial charge in [-0.1, -0.05) is 23.7 Å². The molecule has 0 saturated carbocycles. The molecule has 4 nitrogen and oxygen atoms in total. The van der Waals surface area contributed by atoms with E-state index in [-0.39, 0.29) is 11.9 Å². The molecule has 0 aromatic heterocycles. The lowest BCUT2D eigenvalue weighted by Gasteiger charge is -2.37. The largest absolute Gasteiger partial charge is 0.356 e. The minimum Gasteiger partial charge on any atom is -0.356 e. The predicted octanol–water partition coefficient (Wildman–Crippen LogP) is 2.19. The van der Waals surface area contributed by atoms with Crippen LogP contribution in [0.3, 0.4) is 0 Å². The summed E-state index contributed by atoms with van der Waals surface area (Å²) in [7, 11) is 0. The van der Waals surface area contributed by atoms with E-state index >= 15 is 0 Å². The Hall–Kier alpha value is -1.10. The lowest BCUT2D eigenvalue weighted by atomic mass is 9.94. The summed E-state index contributed by atoms with van der Waals surface area (Å²) in [5.74, 6) is 0.624. The van der Waals surface area contributed by atoms with Crippen molar-refractivity contribution in [3.8, 4) is 0 Å². The number of nitrogens with two attached hydrogens (primary N) is 1. The minimum absolute atomic E-state index is 0.0520. The summed E-state index contributed by atoms with van der Waals surface area (Å²) in [6, 6.07) is 8.18. The second-order valence-corrected chi connectivity index (χ2v) is 6.16. The van der Waals surface area contributed by atoms with Gasteiger partial charge in [-0.3, -0.25) is 9.69 Å². The average molecular weight is 310 g/mol. The van der Waals surface area contributed by atoms with Gasteiger partial charge in [-0.15, -0.1) is 0 Å². The van der Waals surface area contributed by atoms with Crippen LogP contribution in [0.25, 0.3) is 0 Å². The standard InChI is InChI=1S/C16H24ClN3O/c1-12(21)19-11-13-5-7-20(8-6-13)16(10-18)14-3-2-4-15(17)9-14/h2-4,9,13,16H,5-8,10-11,18H2,1H3,(H,19,21). The first-order valence-corrected chi connectivity index (χ1v) is 7.92. The molecule has 0 spiro atoms. The molecule has 1 aliphatic rings. The van der Waals surface area contributed by atoms with Crippen LogP contribution in [-0.2, 0) is 4.79 Å². The number of carbonyl (C=O) groups is 1. The Morgan fingerprint density at radius 2 is 2.19 bits per heavy atom. The molecule has 1 fully saturated rings. The van der Waals surface area contributed by atoms with Gasteiger partial charge in [-0.25, -0.2) is 0 Å². The van der Waals surface area contributed by atoms with Gasteiger partial charge in [0, 0.05) is 31.1 Å². The molecule has 3 N–H and O–H groups in total. The molecule has 21 heavy (non-hydrogen) atoms. The normalized spacial score (nSPS) is 18.4. The van der Waals surface area contributed by atoms with Crippen molar-refractivity contribution < 1.29 is 4.79 Å². The van der Waals surface area contributed by atoms with Gasteiger partial charge < -0.3 is 11.1 Å². The van der Waals surface area contributed by atoms with Crippen LogP contribution in [0.4, 0.5) is 0 Å². The van der Waals surface area contributed by atoms with Crippen LogP contribution < -0.4 is 11.1 Å². The van der Waals surface area contributed by atoms with E-state index in [1.807, 2.05) is 18.2 Å². The molecule has 1 unspecified atom stereocenters. The Kier molecular flexibility index (Phi) is 6.03. The molecule has 1 aromatic carbocycles. The Labute approximate surface area is 131 Å². The second kappa shape index (κ2) is 7.78. The van der Waals surface area contributed by atoms with Gasteiger partial charge in [-0.05, 0) is 49.5 Å². The smallest absolute Gasteiger partial charge is 0.216 e. The van der Waals surface area contributed by atoms with Crippen LogP contribution in [0, 0.1) is 5.92 Å². The SMILES string of the molecule is CC(=O)NCC1CCN(C(CN)c2cccc(Cl)c2)CC1. The number of likely N-dealkylation sites (tertiary alicyclic amines) is 1. The van der Waals surface area contributed by atoms with Gasteiger partial charge in [0.2, 0.25) is 5.91 Å². The van der Waals surface area contributed by atoms with Gasteiger partial charge in [0.05, 0.1) is 0 Å². The summed E-state index contributed by atoms with van der Waals surface area (Å²) < 4.78 is 0. The molecule has 1 amide bonds. The minimum atomic E-state index is 0.0520. The van der Waals surface area contributed by atoms with Crippen LogP contribution in [0.2, 0.25) is 5.02 Å². The van der Waals surface area contributed by atoms with E-state index in [4.69, 9.17) is 17.3 Å². The molecular weight excluding hydrogens is 286 g/mol. The van der Waals surface area contributed by atoms with Gasteiger partial charge in [0.25, 0.3) is 0 Å². The number of nitrogens with one attached hydrogen (secondary N) is 1. The molecule has 0 bridgehead atoms. The second-order valence-electron chi connectivity index (χ2n) is 5.72. The van der Waals surface area contributed by atoms with Crippen molar-refractivity contribution in [1.29, 1.82) is 0 Å². The zero-order chi connectivity index (χ0) is 15.2. The maximum absolute atomic E-state index is 11.0. The summed E-state index contributed by atoms with van der Waals surface area (Å²) in [4.78, 5) is 13.4. The molecular formula is C16H24ClN3O. The summed E-state index contributed by atoms with van der Waals surface area (Å²) in [5.41, 5.74) is 7.16. The summed E-state index contributed by atoms with van der Waals surface area (Å²) in [6.45, 7) is 4.97. The van der Waals surface area contributed by atoms with Crippen LogP contribution in [-0.4, -0.2) is 37.0 Å². The fourth-order valence-corrected chi connectivity index (χ4v) is 3.17. The number of amides is 1. The zero-order valence-electron chi connectivity index (χ0n) is 12.5. The highest BCUT2D eigenvalue weighted by Crippen LogP contribution is 2.27. The highest BCUT2D eigenvalue weighted by atomic mass is 35.5. The number of piperidine rings is 1. The fourth-order valence-electron chi connectivity index (χ4n) is 2.97. The lowest BCUT2D eigenvalue weighted by Crippen LogP contribution is -2.42. The fraction of sp³-hybridized carbons (Fsp3) is 0.562. The number of hydrogen-bond donors (Lipinski definition) is 2. The van der Waals surface area contributed by atoms with Crippen molar-refractivity contribution in [3.63, 3.8) is 0 Å². The Morgan fingerprint density at radius 1 is 1.48 bits per heavy atom. The van der Waals surface area contributed by atoms with E-state index in [9.17, 15) is 4.79 Å². The van der Waals surface area contributed by atoms with Gasteiger partial charge in [-0.2, -0.15) is 0 Å². The molecule has 1 atom stereocenters. The van der Waals surface area contributed by atoms with E-state index in [2.05, 4.69) is 16.3 Å². The highest BCUT2D eigenvalue weighted by molar-refractivity contribution is 6.30. The number of hydrogen-bond acceptors (Lipinski definition) is 3. The molecule has 116 valence electrons. The molecule has 1 heterocycles. The maximum atomic E-state index is 11.0.